The second kappa shape index (κ2) is 6.68. The summed E-state index contributed by atoms with van der Waals surface area (Å²) in [4.78, 5) is 0. The Kier molecular flexibility index (Phi) is 4.91. The van der Waals surface area contributed by atoms with Gasteiger partial charge in [0, 0.05) is 24.2 Å². The van der Waals surface area contributed by atoms with Crippen LogP contribution in [0.1, 0.15) is 29.7 Å². The first-order chi connectivity index (χ1) is 9.99. The summed E-state index contributed by atoms with van der Waals surface area (Å²) in [6, 6.07) is 9.49. The zero-order chi connectivity index (χ0) is 15.4. The molecular formula is C17H19F2NO. The summed E-state index contributed by atoms with van der Waals surface area (Å²) in [6.07, 6.45) is 0. The van der Waals surface area contributed by atoms with Crippen molar-refractivity contribution in [3.8, 4) is 5.75 Å². The largest absolute Gasteiger partial charge is 0.496 e. The van der Waals surface area contributed by atoms with E-state index in [0.717, 1.165) is 22.9 Å². The third-order valence-electron chi connectivity index (χ3n) is 3.39. The Morgan fingerprint density at radius 2 is 1.76 bits per heavy atom. The van der Waals surface area contributed by atoms with Gasteiger partial charge in [0.1, 0.15) is 17.4 Å². The number of halogens is 2. The van der Waals surface area contributed by atoms with Gasteiger partial charge in [-0.05, 0) is 37.6 Å². The molecule has 21 heavy (non-hydrogen) atoms. The maximum atomic E-state index is 13.2. The predicted molar refractivity (Wildman–Crippen MR) is 79.3 cm³/mol. The van der Waals surface area contributed by atoms with Crippen molar-refractivity contribution in [2.75, 3.05) is 7.11 Å². The Morgan fingerprint density at radius 1 is 1.10 bits per heavy atom. The van der Waals surface area contributed by atoms with Gasteiger partial charge in [0.25, 0.3) is 0 Å². The number of hydrogen-bond donors (Lipinski definition) is 1. The summed E-state index contributed by atoms with van der Waals surface area (Å²) in [5, 5.41) is 3.26. The van der Waals surface area contributed by atoms with Crippen LogP contribution in [0.15, 0.2) is 36.4 Å². The molecule has 0 aliphatic carbocycles. The number of nitrogens with one attached hydrogen (secondary N) is 1. The number of ether oxygens (including phenoxy) is 1. The van der Waals surface area contributed by atoms with Gasteiger partial charge in [-0.25, -0.2) is 8.78 Å². The molecule has 0 saturated carbocycles. The third-order valence-corrected chi connectivity index (χ3v) is 3.39. The summed E-state index contributed by atoms with van der Waals surface area (Å²) in [6.45, 7) is 4.39. The molecule has 1 atom stereocenters. The SMILES string of the molecule is COc1ccc(C)cc1C(C)NCc1cc(F)cc(F)c1. The molecule has 2 nitrogen and oxygen atoms in total. The highest BCUT2D eigenvalue weighted by Gasteiger charge is 2.11. The van der Waals surface area contributed by atoms with E-state index in [-0.39, 0.29) is 6.04 Å². The minimum absolute atomic E-state index is 0.00572. The number of aryl methyl sites for hydroxylation is 1. The van der Waals surface area contributed by atoms with E-state index in [4.69, 9.17) is 4.74 Å². The van der Waals surface area contributed by atoms with E-state index in [2.05, 4.69) is 5.32 Å². The fraction of sp³-hybridized carbons (Fsp3) is 0.294. The first kappa shape index (κ1) is 15.4. The number of hydrogen-bond acceptors (Lipinski definition) is 2. The van der Waals surface area contributed by atoms with Crippen molar-refractivity contribution >= 4 is 0 Å². The van der Waals surface area contributed by atoms with Crippen LogP contribution in [0.3, 0.4) is 0 Å². The zero-order valence-electron chi connectivity index (χ0n) is 12.4. The van der Waals surface area contributed by atoms with Gasteiger partial charge >= 0.3 is 0 Å². The van der Waals surface area contributed by atoms with Crippen LogP contribution >= 0.6 is 0 Å². The summed E-state index contributed by atoms with van der Waals surface area (Å²) < 4.78 is 31.7. The van der Waals surface area contributed by atoms with E-state index in [1.54, 1.807) is 7.11 Å². The van der Waals surface area contributed by atoms with Crippen LogP contribution < -0.4 is 10.1 Å². The van der Waals surface area contributed by atoms with Crippen molar-refractivity contribution in [2.45, 2.75) is 26.4 Å². The van der Waals surface area contributed by atoms with E-state index in [9.17, 15) is 8.78 Å². The zero-order valence-corrected chi connectivity index (χ0v) is 12.4. The van der Waals surface area contributed by atoms with Crippen molar-refractivity contribution in [1.82, 2.24) is 5.32 Å². The Morgan fingerprint density at radius 3 is 2.38 bits per heavy atom. The van der Waals surface area contributed by atoms with Gasteiger partial charge in [-0.3, -0.25) is 0 Å². The van der Waals surface area contributed by atoms with Crippen molar-refractivity contribution in [3.63, 3.8) is 0 Å². The minimum atomic E-state index is -0.562. The third kappa shape index (κ3) is 4.02. The molecule has 0 aliphatic rings. The molecule has 0 aromatic heterocycles. The summed E-state index contributed by atoms with van der Waals surface area (Å²) in [5.41, 5.74) is 2.73. The molecular weight excluding hydrogens is 272 g/mol. The van der Waals surface area contributed by atoms with Crippen molar-refractivity contribution in [1.29, 1.82) is 0 Å². The molecule has 0 amide bonds. The fourth-order valence-corrected chi connectivity index (χ4v) is 2.29. The molecule has 2 aromatic carbocycles. The number of benzene rings is 2. The smallest absolute Gasteiger partial charge is 0.126 e. The van der Waals surface area contributed by atoms with E-state index >= 15 is 0 Å². The van der Waals surface area contributed by atoms with E-state index < -0.39 is 11.6 Å². The molecule has 0 fully saturated rings. The molecule has 0 radical (unpaired) electrons. The molecule has 0 bridgehead atoms. The molecule has 2 aromatic rings. The van der Waals surface area contributed by atoms with Gasteiger partial charge < -0.3 is 10.1 Å². The summed E-state index contributed by atoms with van der Waals surface area (Å²) >= 11 is 0. The van der Waals surface area contributed by atoms with E-state index in [1.807, 2.05) is 32.0 Å². The predicted octanol–water partition coefficient (Wildman–Crippen LogP) is 4.13. The van der Waals surface area contributed by atoms with Crippen LogP contribution in [0.2, 0.25) is 0 Å². The lowest BCUT2D eigenvalue weighted by Gasteiger charge is -2.18. The van der Waals surface area contributed by atoms with Crippen LogP contribution in [-0.4, -0.2) is 7.11 Å². The highest BCUT2D eigenvalue weighted by molar-refractivity contribution is 5.39. The normalized spacial score (nSPS) is 12.2. The average molecular weight is 291 g/mol. The molecule has 1 unspecified atom stereocenters. The van der Waals surface area contributed by atoms with Gasteiger partial charge in [-0.1, -0.05) is 17.7 Å². The number of rotatable bonds is 5. The van der Waals surface area contributed by atoms with Crippen LogP contribution in [0.5, 0.6) is 5.75 Å². The van der Waals surface area contributed by atoms with Crippen LogP contribution in [-0.2, 0) is 6.54 Å². The quantitative estimate of drug-likeness (QED) is 0.894. The first-order valence-electron chi connectivity index (χ1n) is 6.82. The Bertz CT molecular complexity index is 608. The Hall–Kier alpha value is -1.94. The summed E-state index contributed by atoms with van der Waals surface area (Å²) in [5.74, 6) is -0.328. The van der Waals surface area contributed by atoms with E-state index in [1.165, 1.54) is 12.1 Å². The average Bonchev–Trinajstić information content (AvgIpc) is 2.43. The molecule has 0 aliphatic heterocycles. The Labute approximate surface area is 123 Å². The van der Waals surface area contributed by atoms with E-state index in [0.29, 0.717) is 12.1 Å². The van der Waals surface area contributed by atoms with Gasteiger partial charge in [0.2, 0.25) is 0 Å². The Balaban J connectivity index is 2.11. The molecule has 0 spiro atoms. The second-order valence-electron chi connectivity index (χ2n) is 5.13. The second-order valence-corrected chi connectivity index (χ2v) is 5.13. The molecule has 2 rings (SSSR count). The lowest BCUT2D eigenvalue weighted by Crippen LogP contribution is -2.19. The van der Waals surface area contributed by atoms with Gasteiger partial charge in [-0.15, -0.1) is 0 Å². The van der Waals surface area contributed by atoms with Crippen LogP contribution in [0.25, 0.3) is 0 Å². The van der Waals surface area contributed by atoms with Crippen LogP contribution in [0.4, 0.5) is 8.78 Å². The molecule has 112 valence electrons. The van der Waals surface area contributed by atoms with Crippen molar-refractivity contribution in [3.05, 3.63) is 64.7 Å². The number of methoxy groups -OCH3 is 1. The lowest BCUT2D eigenvalue weighted by atomic mass is 10.0. The van der Waals surface area contributed by atoms with Crippen molar-refractivity contribution in [2.24, 2.45) is 0 Å². The van der Waals surface area contributed by atoms with Gasteiger partial charge in [0.15, 0.2) is 0 Å². The fourth-order valence-electron chi connectivity index (χ4n) is 2.29. The first-order valence-corrected chi connectivity index (χ1v) is 6.82. The topological polar surface area (TPSA) is 21.3 Å². The molecule has 1 N–H and O–H groups in total. The highest BCUT2D eigenvalue weighted by Crippen LogP contribution is 2.26. The standard InChI is InChI=1S/C17H19F2NO/c1-11-4-5-17(21-3)16(6-11)12(2)20-10-13-7-14(18)9-15(19)8-13/h4-9,12,20H,10H2,1-3H3. The summed E-state index contributed by atoms with van der Waals surface area (Å²) in [7, 11) is 1.63. The monoisotopic (exact) mass is 291 g/mol. The minimum Gasteiger partial charge on any atom is -0.496 e. The highest BCUT2D eigenvalue weighted by atomic mass is 19.1. The molecule has 0 saturated heterocycles. The lowest BCUT2D eigenvalue weighted by molar-refractivity contribution is 0.401. The maximum Gasteiger partial charge on any atom is 0.126 e. The van der Waals surface area contributed by atoms with Crippen molar-refractivity contribution < 1.29 is 13.5 Å². The van der Waals surface area contributed by atoms with Gasteiger partial charge in [0.05, 0.1) is 7.11 Å². The van der Waals surface area contributed by atoms with Crippen LogP contribution in [0, 0.1) is 18.6 Å². The molecule has 0 heterocycles. The van der Waals surface area contributed by atoms with Gasteiger partial charge in [-0.2, -0.15) is 0 Å². The molecule has 4 heteroatoms. The maximum absolute atomic E-state index is 13.2.